The lowest BCUT2D eigenvalue weighted by Gasteiger charge is -2.19. The van der Waals surface area contributed by atoms with E-state index in [9.17, 15) is 9.59 Å². The molecular weight excluding hydrogens is 340 g/mol. The predicted octanol–water partition coefficient (Wildman–Crippen LogP) is 4.32. The molecule has 0 radical (unpaired) electrons. The van der Waals surface area contributed by atoms with Gasteiger partial charge in [0.15, 0.2) is 6.10 Å². The summed E-state index contributed by atoms with van der Waals surface area (Å²) in [5.74, 6) is 0.310. The van der Waals surface area contributed by atoms with Gasteiger partial charge in [-0.05, 0) is 56.5 Å². The molecule has 0 aliphatic carbocycles. The number of ether oxygens (including phenoxy) is 1. The van der Waals surface area contributed by atoms with Gasteiger partial charge in [0.05, 0.1) is 0 Å². The van der Waals surface area contributed by atoms with Gasteiger partial charge >= 0.3 is 0 Å². The Hall–Kier alpha value is -2.82. The molecule has 5 nitrogen and oxygen atoms in total. The molecule has 144 valence electrons. The first-order chi connectivity index (χ1) is 12.9. The largest absolute Gasteiger partial charge is 0.480 e. The number of hydrogen-bond donors (Lipinski definition) is 2. The average Bonchev–Trinajstić information content (AvgIpc) is 2.67. The number of aryl methyl sites for hydroxylation is 1. The highest BCUT2D eigenvalue weighted by Crippen LogP contribution is 2.20. The number of carbonyl (C=O) groups excluding carboxylic acids is 2. The Morgan fingerprint density at radius 1 is 1.04 bits per heavy atom. The monoisotopic (exact) mass is 368 g/mol. The van der Waals surface area contributed by atoms with Gasteiger partial charge in [-0.2, -0.15) is 0 Å². The van der Waals surface area contributed by atoms with Crippen molar-refractivity contribution in [2.45, 2.75) is 52.7 Å². The lowest BCUT2D eigenvalue weighted by Crippen LogP contribution is -2.33. The third-order valence-corrected chi connectivity index (χ3v) is 4.41. The van der Waals surface area contributed by atoms with Gasteiger partial charge in [-0.25, -0.2) is 0 Å². The lowest BCUT2D eigenvalue weighted by atomic mass is 10.1. The molecule has 2 aromatic rings. The van der Waals surface area contributed by atoms with Crippen LogP contribution in [0.4, 0.5) is 5.69 Å². The summed E-state index contributed by atoms with van der Waals surface area (Å²) < 4.78 is 5.88. The average molecular weight is 368 g/mol. The minimum atomic E-state index is -0.608. The Morgan fingerprint density at radius 3 is 2.44 bits per heavy atom. The Morgan fingerprint density at radius 2 is 1.78 bits per heavy atom. The van der Waals surface area contributed by atoms with E-state index in [1.807, 2.05) is 52.0 Å². The zero-order valence-electron chi connectivity index (χ0n) is 16.4. The van der Waals surface area contributed by atoms with E-state index in [1.54, 1.807) is 24.3 Å². The van der Waals surface area contributed by atoms with Gasteiger partial charge in [0, 0.05) is 17.3 Å². The van der Waals surface area contributed by atoms with E-state index in [4.69, 9.17) is 4.74 Å². The Kier molecular flexibility index (Phi) is 7.41. The Bertz CT molecular complexity index is 789. The fourth-order valence-corrected chi connectivity index (χ4v) is 2.53. The molecule has 2 rings (SSSR count). The molecule has 0 fully saturated rings. The molecule has 2 aromatic carbocycles. The van der Waals surface area contributed by atoms with Crippen molar-refractivity contribution in [3.63, 3.8) is 0 Å². The third-order valence-electron chi connectivity index (χ3n) is 4.41. The maximum atomic E-state index is 12.6. The SMILES string of the molecule is CCC(C)NC(=O)c1cccc(NC(=O)C(CC)Oc2ccccc2C)c1. The van der Waals surface area contributed by atoms with Crippen LogP contribution in [0.15, 0.2) is 48.5 Å². The van der Waals surface area contributed by atoms with E-state index in [2.05, 4.69) is 10.6 Å². The Balaban J connectivity index is 2.06. The van der Waals surface area contributed by atoms with Crippen molar-refractivity contribution in [2.75, 3.05) is 5.32 Å². The van der Waals surface area contributed by atoms with E-state index < -0.39 is 6.10 Å². The summed E-state index contributed by atoms with van der Waals surface area (Å²) >= 11 is 0. The van der Waals surface area contributed by atoms with Crippen molar-refractivity contribution in [1.29, 1.82) is 0 Å². The molecule has 5 heteroatoms. The van der Waals surface area contributed by atoms with E-state index >= 15 is 0 Å². The second kappa shape index (κ2) is 9.76. The first-order valence-corrected chi connectivity index (χ1v) is 9.38. The number of amides is 2. The highest BCUT2D eigenvalue weighted by atomic mass is 16.5. The van der Waals surface area contributed by atoms with Crippen LogP contribution < -0.4 is 15.4 Å². The zero-order chi connectivity index (χ0) is 19.8. The Labute approximate surface area is 161 Å². The van der Waals surface area contributed by atoms with E-state index in [0.29, 0.717) is 23.4 Å². The van der Waals surface area contributed by atoms with Crippen molar-refractivity contribution >= 4 is 17.5 Å². The van der Waals surface area contributed by atoms with Crippen LogP contribution in [0.1, 0.15) is 49.5 Å². The van der Waals surface area contributed by atoms with Gasteiger partial charge in [-0.1, -0.05) is 38.1 Å². The van der Waals surface area contributed by atoms with Crippen LogP contribution in [0.25, 0.3) is 0 Å². The number of hydrogen-bond acceptors (Lipinski definition) is 3. The number of para-hydroxylation sites is 1. The first-order valence-electron chi connectivity index (χ1n) is 9.38. The normalized spacial score (nSPS) is 12.7. The van der Waals surface area contributed by atoms with Crippen LogP contribution in [-0.2, 0) is 4.79 Å². The molecule has 0 saturated carbocycles. The molecule has 2 atom stereocenters. The molecule has 27 heavy (non-hydrogen) atoms. The van der Waals surface area contributed by atoms with Crippen molar-refractivity contribution in [3.8, 4) is 5.75 Å². The van der Waals surface area contributed by atoms with Crippen LogP contribution in [0.5, 0.6) is 5.75 Å². The van der Waals surface area contributed by atoms with E-state index in [1.165, 1.54) is 0 Å². The van der Waals surface area contributed by atoms with Crippen LogP contribution >= 0.6 is 0 Å². The molecule has 0 heterocycles. The zero-order valence-corrected chi connectivity index (χ0v) is 16.4. The maximum Gasteiger partial charge on any atom is 0.265 e. The summed E-state index contributed by atoms with van der Waals surface area (Å²) in [6.07, 6.45) is 0.786. The molecule has 2 amide bonds. The van der Waals surface area contributed by atoms with Gasteiger partial charge in [0.2, 0.25) is 0 Å². The lowest BCUT2D eigenvalue weighted by molar-refractivity contribution is -0.122. The standard InChI is InChI=1S/C22H28N2O3/c1-5-16(4)23-21(25)17-11-9-12-18(14-17)24-22(26)19(6-2)27-20-13-8-7-10-15(20)3/h7-14,16,19H,5-6H2,1-4H3,(H,23,25)(H,24,26). The minimum Gasteiger partial charge on any atom is -0.480 e. The number of benzene rings is 2. The molecular formula is C22H28N2O3. The topological polar surface area (TPSA) is 67.4 Å². The fourth-order valence-electron chi connectivity index (χ4n) is 2.53. The molecule has 2 unspecified atom stereocenters. The minimum absolute atomic E-state index is 0.0998. The van der Waals surface area contributed by atoms with Gasteiger partial charge in [-0.15, -0.1) is 0 Å². The van der Waals surface area contributed by atoms with Crippen LogP contribution in [0.3, 0.4) is 0 Å². The van der Waals surface area contributed by atoms with Crippen LogP contribution in [-0.4, -0.2) is 24.0 Å². The third kappa shape index (κ3) is 5.84. The molecule has 0 spiro atoms. The molecule has 0 saturated heterocycles. The summed E-state index contributed by atoms with van der Waals surface area (Å²) in [4.78, 5) is 24.9. The van der Waals surface area contributed by atoms with Crippen LogP contribution in [0, 0.1) is 6.92 Å². The van der Waals surface area contributed by atoms with E-state index in [-0.39, 0.29) is 17.9 Å². The van der Waals surface area contributed by atoms with Gasteiger partial charge in [-0.3, -0.25) is 9.59 Å². The van der Waals surface area contributed by atoms with Gasteiger partial charge in [0.1, 0.15) is 5.75 Å². The summed E-state index contributed by atoms with van der Waals surface area (Å²) in [6.45, 7) is 7.82. The highest BCUT2D eigenvalue weighted by Gasteiger charge is 2.19. The molecule has 0 aliphatic heterocycles. The fraction of sp³-hybridized carbons (Fsp3) is 0.364. The predicted molar refractivity (Wildman–Crippen MR) is 108 cm³/mol. The number of carbonyl (C=O) groups is 2. The van der Waals surface area contributed by atoms with Crippen LogP contribution in [0.2, 0.25) is 0 Å². The summed E-state index contributed by atoms with van der Waals surface area (Å²) in [6, 6.07) is 14.6. The second-order valence-corrected chi connectivity index (χ2v) is 6.63. The quantitative estimate of drug-likeness (QED) is 0.729. The number of rotatable bonds is 8. The summed E-state index contributed by atoms with van der Waals surface area (Å²) in [7, 11) is 0. The summed E-state index contributed by atoms with van der Waals surface area (Å²) in [5, 5.41) is 5.77. The first kappa shape index (κ1) is 20.5. The van der Waals surface area contributed by atoms with Gasteiger partial charge in [0.25, 0.3) is 11.8 Å². The van der Waals surface area contributed by atoms with Crippen molar-refractivity contribution in [1.82, 2.24) is 5.32 Å². The molecule has 0 aliphatic rings. The highest BCUT2D eigenvalue weighted by molar-refractivity contribution is 5.98. The van der Waals surface area contributed by atoms with Crippen molar-refractivity contribution in [3.05, 3.63) is 59.7 Å². The van der Waals surface area contributed by atoms with Crippen molar-refractivity contribution < 1.29 is 14.3 Å². The molecule has 0 bridgehead atoms. The number of anilines is 1. The van der Waals surface area contributed by atoms with E-state index in [0.717, 1.165) is 12.0 Å². The number of nitrogens with one attached hydrogen (secondary N) is 2. The molecule has 0 aromatic heterocycles. The second-order valence-electron chi connectivity index (χ2n) is 6.63. The maximum absolute atomic E-state index is 12.6. The smallest absolute Gasteiger partial charge is 0.265 e. The van der Waals surface area contributed by atoms with Gasteiger partial charge < -0.3 is 15.4 Å². The summed E-state index contributed by atoms with van der Waals surface area (Å²) in [5.41, 5.74) is 2.07. The van der Waals surface area contributed by atoms with Crippen molar-refractivity contribution in [2.24, 2.45) is 0 Å². The molecule has 2 N–H and O–H groups in total.